The van der Waals surface area contributed by atoms with Crippen molar-refractivity contribution in [1.82, 2.24) is 10.2 Å². The average Bonchev–Trinajstić information content (AvgIpc) is 3.07. The summed E-state index contributed by atoms with van der Waals surface area (Å²) >= 11 is 6.14. The summed E-state index contributed by atoms with van der Waals surface area (Å²) < 4.78 is 5.96. The highest BCUT2D eigenvalue weighted by Gasteiger charge is 2.24. The van der Waals surface area contributed by atoms with Gasteiger partial charge in [-0.05, 0) is 109 Å². The van der Waals surface area contributed by atoms with Crippen molar-refractivity contribution in [3.63, 3.8) is 0 Å². The zero-order chi connectivity index (χ0) is 33.8. The maximum absolute atomic E-state index is 13.6. The summed E-state index contributed by atoms with van der Waals surface area (Å²) in [7, 11) is 0. The van der Waals surface area contributed by atoms with E-state index in [9.17, 15) is 14.4 Å². The van der Waals surface area contributed by atoms with Gasteiger partial charge in [-0.25, -0.2) is 0 Å². The Labute approximate surface area is 287 Å². The Morgan fingerprint density at radius 2 is 1.71 bits per heavy atom. The molecule has 1 saturated heterocycles. The number of benzene rings is 3. The van der Waals surface area contributed by atoms with Crippen molar-refractivity contribution in [3.05, 3.63) is 133 Å². The number of allylic oxidation sites excluding steroid dienone is 2. The van der Waals surface area contributed by atoms with E-state index in [4.69, 9.17) is 16.0 Å². The Bertz CT molecular complexity index is 1940. The molecular formula is C41H43ClN2O4. The number of hydrogen-bond acceptors (Lipinski definition) is 4. The molecule has 0 unspecified atom stereocenters. The molecule has 0 radical (unpaired) electrons. The fourth-order valence-electron chi connectivity index (χ4n) is 6.75. The maximum atomic E-state index is 13.6. The second kappa shape index (κ2) is 14.4. The van der Waals surface area contributed by atoms with E-state index in [1.807, 2.05) is 47.4 Å². The van der Waals surface area contributed by atoms with Crippen LogP contribution in [0.5, 0.6) is 0 Å². The van der Waals surface area contributed by atoms with Gasteiger partial charge in [0.05, 0.1) is 5.39 Å². The average molecular weight is 663 g/mol. The van der Waals surface area contributed by atoms with E-state index in [0.717, 1.165) is 56.2 Å². The van der Waals surface area contributed by atoms with Crippen LogP contribution in [0.15, 0.2) is 99.4 Å². The van der Waals surface area contributed by atoms with E-state index >= 15 is 0 Å². The van der Waals surface area contributed by atoms with Crippen molar-refractivity contribution in [2.75, 3.05) is 6.54 Å². The quantitative estimate of drug-likeness (QED) is 0.214. The van der Waals surface area contributed by atoms with Crippen molar-refractivity contribution < 1.29 is 14.0 Å². The zero-order valence-corrected chi connectivity index (χ0v) is 28.7. The molecule has 0 atom stereocenters. The van der Waals surface area contributed by atoms with Gasteiger partial charge < -0.3 is 14.6 Å². The minimum Gasteiger partial charge on any atom is -0.451 e. The third kappa shape index (κ3) is 7.99. The van der Waals surface area contributed by atoms with Gasteiger partial charge >= 0.3 is 0 Å². The maximum Gasteiger partial charge on any atom is 0.291 e. The molecule has 48 heavy (non-hydrogen) atoms. The predicted octanol–water partition coefficient (Wildman–Crippen LogP) is 9.31. The Kier molecular flexibility index (Phi) is 10.0. The molecular weight excluding hydrogens is 620 g/mol. The second-order valence-electron chi connectivity index (χ2n) is 14.1. The number of nitrogens with zero attached hydrogens (tertiary/aromatic N) is 1. The van der Waals surface area contributed by atoms with Crippen LogP contribution in [-0.2, 0) is 16.8 Å². The zero-order valence-electron chi connectivity index (χ0n) is 28.0. The Morgan fingerprint density at radius 1 is 0.958 bits per heavy atom. The standard InChI is InChI=1S/C41H43ClN2O4/c1-41(2,3)31-17-20-37-35(24-31)36(45)25-38(48-37)40(47)43-33(23-28-13-18-32(42)19-14-28)22-27-11-15-29(16-12-27)34-9-5-4-8-30(34)26-44-21-7-6-10-39(44)46/h4-5,8-9,13-14,17-20,22-25,29H,6-7,10-12,15-16,21,26H2,1-3H3,(H,43,47)/b27-22?,33-23-. The third-order valence-electron chi connectivity index (χ3n) is 9.53. The summed E-state index contributed by atoms with van der Waals surface area (Å²) in [5.41, 5.74) is 6.35. The smallest absolute Gasteiger partial charge is 0.291 e. The first-order valence-electron chi connectivity index (χ1n) is 17.0. The number of carbonyl (C=O) groups is 2. The molecule has 1 saturated carbocycles. The monoisotopic (exact) mass is 662 g/mol. The number of carbonyl (C=O) groups excluding carboxylic acids is 2. The first-order chi connectivity index (χ1) is 23.0. The van der Waals surface area contributed by atoms with Gasteiger partial charge in [-0.15, -0.1) is 0 Å². The fourth-order valence-corrected chi connectivity index (χ4v) is 6.88. The van der Waals surface area contributed by atoms with Crippen molar-refractivity contribution >= 4 is 40.5 Å². The highest BCUT2D eigenvalue weighted by atomic mass is 35.5. The van der Waals surface area contributed by atoms with E-state index in [0.29, 0.717) is 40.6 Å². The fraction of sp³-hybridized carbons (Fsp3) is 0.341. The first kappa shape index (κ1) is 33.5. The summed E-state index contributed by atoms with van der Waals surface area (Å²) in [5.74, 6) is 0.136. The van der Waals surface area contributed by atoms with E-state index in [1.165, 1.54) is 22.8 Å². The summed E-state index contributed by atoms with van der Waals surface area (Å²) in [6.07, 6.45) is 10.4. The molecule has 2 heterocycles. The topological polar surface area (TPSA) is 79.6 Å². The number of halogens is 1. The molecule has 1 aliphatic heterocycles. The lowest BCUT2D eigenvalue weighted by Gasteiger charge is -2.30. The van der Waals surface area contributed by atoms with Gasteiger partial charge in [0.15, 0.2) is 11.2 Å². The molecule has 6 nitrogen and oxygen atoms in total. The van der Waals surface area contributed by atoms with Crippen LogP contribution in [0.1, 0.15) is 104 Å². The number of hydrogen-bond donors (Lipinski definition) is 1. The predicted molar refractivity (Wildman–Crippen MR) is 193 cm³/mol. The van der Waals surface area contributed by atoms with E-state index in [1.54, 1.807) is 6.07 Å². The van der Waals surface area contributed by atoms with Gasteiger partial charge in [0.25, 0.3) is 5.91 Å². The van der Waals surface area contributed by atoms with E-state index < -0.39 is 5.91 Å². The number of nitrogens with one attached hydrogen (secondary N) is 1. The van der Waals surface area contributed by atoms with Crippen LogP contribution in [0.3, 0.4) is 0 Å². The Hall–Kier alpha value is -4.42. The van der Waals surface area contributed by atoms with Crippen LogP contribution >= 0.6 is 11.6 Å². The molecule has 248 valence electrons. The van der Waals surface area contributed by atoms with Crippen molar-refractivity contribution in [1.29, 1.82) is 0 Å². The molecule has 3 aromatic carbocycles. The van der Waals surface area contributed by atoms with Crippen molar-refractivity contribution in [2.45, 2.75) is 83.6 Å². The summed E-state index contributed by atoms with van der Waals surface area (Å²) in [4.78, 5) is 41.2. The van der Waals surface area contributed by atoms with Crippen LogP contribution < -0.4 is 10.7 Å². The highest BCUT2D eigenvalue weighted by molar-refractivity contribution is 6.30. The normalized spacial score (nSPS) is 17.5. The molecule has 7 heteroatoms. The lowest BCUT2D eigenvalue weighted by Crippen LogP contribution is -2.35. The molecule has 2 aliphatic rings. The lowest BCUT2D eigenvalue weighted by molar-refractivity contribution is -0.133. The number of amides is 2. The van der Waals surface area contributed by atoms with Crippen LogP contribution in [0.2, 0.25) is 5.02 Å². The van der Waals surface area contributed by atoms with Gasteiger partial charge in [0, 0.05) is 36.3 Å². The molecule has 1 aliphatic carbocycles. The van der Waals surface area contributed by atoms with Gasteiger partial charge in [0.2, 0.25) is 5.91 Å². The molecule has 1 aromatic heterocycles. The van der Waals surface area contributed by atoms with E-state index in [-0.39, 0.29) is 22.5 Å². The number of rotatable bonds is 7. The molecule has 0 spiro atoms. The van der Waals surface area contributed by atoms with Crippen LogP contribution in [0.4, 0.5) is 0 Å². The lowest BCUT2D eigenvalue weighted by atomic mass is 9.79. The molecule has 1 N–H and O–H groups in total. The van der Waals surface area contributed by atoms with E-state index in [2.05, 4.69) is 56.4 Å². The van der Waals surface area contributed by atoms with Gasteiger partial charge in [-0.2, -0.15) is 0 Å². The summed E-state index contributed by atoms with van der Waals surface area (Å²) in [5, 5.41) is 4.10. The number of likely N-dealkylation sites (tertiary alicyclic amines) is 1. The molecule has 4 aromatic rings. The van der Waals surface area contributed by atoms with Crippen LogP contribution in [0.25, 0.3) is 17.0 Å². The molecule has 2 amide bonds. The number of piperidine rings is 1. The second-order valence-corrected chi connectivity index (χ2v) is 14.5. The highest BCUT2D eigenvalue weighted by Crippen LogP contribution is 2.38. The molecule has 2 fully saturated rings. The number of fused-ring (bicyclic) bond motifs is 1. The minimum atomic E-state index is -0.485. The van der Waals surface area contributed by atoms with Gasteiger partial charge in [-0.3, -0.25) is 14.4 Å². The van der Waals surface area contributed by atoms with Crippen molar-refractivity contribution in [2.24, 2.45) is 0 Å². The molecule has 0 bridgehead atoms. The first-order valence-corrected chi connectivity index (χ1v) is 17.3. The Morgan fingerprint density at radius 3 is 2.44 bits per heavy atom. The van der Waals surface area contributed by atoms with Crippen LogP contribution in [0, 0.1) is 0 Å². The minimum absolute atomic E-state index is 0.0380. The van der Waals surface area contributed by atoms with Crippen molar-refractivity contribution in [3.8, 4) is 0 Å². The summed E-state index contributed by atoms with van der Waals surface area (Å²) in [6, 6.07) is 22.8. The van der Waals surface area contributed by atoms with Gasteiger partial charge in [0.1, 0.15) is 5.58 Å². The third-order valence-corrected chi connectivity index (χ3v) is 9.78. The largest absolute Gasteiger partial charge is 0.451 e. The van der Waals surface area contributed by atoms with Crippen LogP contribution in [-0.4, -0.2) is 23.3 Å². The SMILES string of the molecule is CC(C)(C)c1ccc2oc(C(=O)N/C(C=C3CCC(c4ccccc4CN4CCCCC4=O)CC3)=C\c3ccc(Cl)cc3)cc(=O)c2c1. The van der Waals surface area contributed by atoms with Gasteiger partial charge in [-0.1, -0.05) is 80.4 Å². The Balaban J connectivity index is 1.21. The summed E-state index contributed by atoms with van der Waals surface area (Å²) in [6.45, 7) is 7.78. The molecule has 6 rings (SSSR count).